The summed E-state index contributed by atoms with van der Waals surface area (Å²) in [6.45, 7) is 16.5. The van der Waals surface area contributed by atoms with Crippen molar-refractivity contribution in [2.45, 2.75) is 92.2 Å². The number of carbonyl (C=O) groups is 1. The van der Waals surface area contributed by atoms with E-state index >= 15 is 0 Å². The number of pyridine rings is 1. The highest BCUT2D eigenvalue weighted by atomic mass is 19.4. The standard InChI is InChI=1S/C34H42F3N5O3/c1-20-27(23-8-9-24-19-42(15-12-22(24)18-23)26-11-10-25(39-40-26)34(35,36)37)29(41-16-13-33(6,7)14-17-41)28(21(2)38-20)30(31(43)44)45-32(3,4)5/h8-11,18,30H,12-17,19H2,1-7H3,(H,43,44). The molecule has 3 aromatic rings. The first-order valence-corrected chi connectivity index (χ1v) is 15.4. The van der Waals surface area contributed by atoms with Crippen molar-refractivity contribution in [2.24, 2.45) is 5.41 Å². The molecule has 2 aromatic heterocycles. The smallest absolute Gasteiger partial charge is 0.435 e. The third kappa shape index (κ3) is 7.08. The molecule has 0 aliphatic carbocycles. The highest BCUT2D eigenvalue weighted by Crippen LogP contribution is 2.45. The van der Waals surface area contributed by atoms with Crippen LogP contribution in [0.3, 0.4) is 0 Å². The number of aromatic nitrogens is 3. The van der Waals surface area contributed by atoms with Crippen molar-refractivity contribution >= 4 is 17.5 Å². The number of benzene rings is 1. The molecule has 0 amide bonds. The van der Waals surface area contributed by atoms with Gasteiger partial charge in [-0.05, 0) is 88.1 Å². The predicted molar refractivity (Wildman–Crippen MR) is 167 cm³/mol. The first-order valence-electron chi connectivity index (χ1n) is 15.4. The lowest BCUT2D eigenvalue weighted by molar-refractivity contribution is -0.160. The molecular weight excluding hydrogens is 583 g/mol. The molecule has 5 rings (SSSR count). The Kier molecular flexibility index (Phi) is 8.63. The van der Waals surface area contributed by atoms with Gasteiger partial charge in [0, 0.05) is 48.7 Å². The molecule has 0 radical (unpaired) electrons. The van der Waals surface area contributed by atoms with Gasteiger partial charge in [-0.3, -0.25) is 4.98 Å². The van der Waals surface area contributed by atoms with Gasteiger partial charge in [0.05, 0.1) is 11.3 Å². The van der Waals surface area contributed by atoms with Crippen LogP contribution in [0, 0.1) is 19.3 Å². The molecule has 1 atom stereocenters. The number of ether oxygens (including phenoxy) is 1. The van der Waals surface area contributed by atoms with E-state index < -0.39 is 29.5 Å². The molecule has 1 saturated heterocycles. The lowest BCUT2D eigenvalue weighted by Gasteiger charge is -2.41. The fourth-order valence-corrected chi connectivity index (χ4v) is 6.30. The van der Waals surface area contributed by atoms with Crippen molar-refractivity contribution in [3.05, 3.63) is 64.1 Å². The first kappa shape index (κ1) is 32.7. The van der Waals surface area contributed by atoms with E-state index in [9.17, 15) is 23.1 Å². The summed E-state index contributed by atoms with van der Waals surface area (Å²) in [4.78, 5) is 21.9. The van der Waals surface area contributed by atoms with E-state index in [1.165, 1.54) is 6.07 Å². The van der Waals surface area contributed by atoms with Gasteiger partial charge in [0.1, 0.15) is 0 Å². The zero-order valence-electron chi connectivity index (χ0n) is 27.0. The Balaban J connectivity index is 1.57. The Labute approximate surface area is 262 Å². The SMILES string of the molecule is Cc1nc(C)c(C(OC(C)(C)C)C(=O)O)c(N2CCC(C)(C)CC2)c1-c1ccc2c(c1)CCN(c1ccc(C(F)(F)F)nn1)C2. The van der Waals surface area contributed by atoms with Crippen LogP contribution in [0.25, 0.3) is 11.1 Å². The van der Waals surface area contributed by atoms with Crippen molar-refractivity contribution in [3.63, 3.8) is 0 Å². The molecule has 242 valence electrons. The van der Waals surface area contributed by atoms with Crippen LogP contribution in [-0.4, -0.2) is 51.5 Å². The Bertz CT molecular complexity index is 1570. The summed E-state index contributed by atoms with van der Waals surface area (Å²) in [5.41, 5.74) is 5.40. The third-order valence-corrected chi connectivity index (χ3v) is 8.74. The average Bonchev–Trinajstić information content (AvgIpc) is 2.94. The summed E-state index contributed by atoms with van der Waals surface area (Å²) >= 11 is 0. The minimum absolute atomic E-state index is 0.192. The van der Waals surface area contributed by atoms with Crippen molar-refractivity contribution in [2.75, 3.05) is 29.4 Å². The van der Waals surface area contributed by atoms with E-state index in [0.29, 0.717) is 36.6 Å². The molecule has 0 bridgehead atoms. The monoisotopic (exact) mass is 625 g/mol. The molecular formula is C34H42F3N5O3. The molecule has 8 nitrogen and oxygen atoms in total. The predicted octanol–water partition coefficient (Wildman–Crippen LogP) is 7.30. The van der Waals surface area contributed by atoms with Crippen LogP contribution in [0.15, 0.2) is 30.3 Å². The quantitative estimate of drug-likeness (QED) is 0.305. The fourth-order valence-electron chi connectivity index (χ4n) is 6.30. The van der Waals surface area contributed by atoms with E-state index in [4.69, 9.17) is 9.72 Å². The van der Waals surface area contributed by atoms with Gasteiger partial charge in [0.2, 0.25) is 0 Å². The zero-order valence-corrected chi connectivity index (χ0v) is 27.0. The Hall–Kier alpha value is -3.73. The fraction of sp³-hybridized carbons (Fsp3) is 0.529. The lowest BCUT2D eigenvalue weighted by atomic mass is 9.81. The summed E-state index contributed by atoms with van der Waals surface area (Å²) < 4.78 is 45.2. The number of carboxylic acids is 1. The van der Waals surface area contributed by atoms with Crippen molar-refractivity contribution < 1.29 is 27.8 Å². The number of rotatable bonds is 6. The summed E-state index contributed by atoms with van der Waals surface area (Å²) in [5, 5.41) is 17.7. The number of hydrogen-bond donors (Lipinski definition) is 1. The van der Waals surface area contributed by atoms with Crippen LogP contribution >= 0.6 is 0 Å². The van der Waals surface area contributed by atoms with E-state index in [1.54, 1.807) is 0 Å². The van der Waals surface area contributed by atoms with Crippen LogP contribution in [-0.2, 0) is 28.7 Å². The number of halogens is 3. The second-order valence-electron chi connectivity index (χ2n) is 13.9. The zero-order chi connectivity index (χ0) is 32.9. The van der Waals surface area contributed by atoms with Crippen molar-refractivity contribution in [1.29, 1.82) is 0 Å². The number of fused-ring (bicyclic) bond motifs is 1. The molecule has 0 saturated carbocycles. The van der Waals surface area contributed by atoms with E-state index in [1.807, 2.05) is 51.7 Å². The van der Waals surface area contributed by atoms with E-state index in [0.717, 1.165) is 65.6 Å². The number of carboxylic acid groups (broad SMARTS) is 1. The van der Waals surface area contributed by atoms with Crippen LogP contribution in [0.4, 0.5) is 24.7 Å². The number of anilines is 2. The van der Waals surface area contributed by atoms with Crippen molar-refractivity contribution in [1.82, 2.24) is 15.2 Å². The van der Waals surface area contributed by atoms with Crippen LogP contribution < -0.4 is 9.80 Å². The number of nitrogens with zero attached hydrogens (tertiary/aromatic N) is 5. The van der Waals surface area contributed by atoms with Gasteiger partial charge in [0.15, 0.2) is 17.6 Å². The van der Waals surface area contributed by atoms with E-state index in [-0.39, 0.29) is 5.41 Å². The number of aliphatic carboxylic acids is 1. The van der Waals surface area contributed by atoms with Gasteiger partial charge in [-0.1, -0.05) is 32.0 Å². The number of hydrogen-bond acceptors (Lipinski definition) is 7. The largest absolute Gasteiger partial charge is 0.479 e. The summed E-state index contributed by atoms with van der Waals surface area (Å²) in [6.07, 6.45) is -3.13. The minimum Gasteiger partial charge on any atom is -0.479 e. The average molecular weight is 626 g/mol. The molecule has 11 heteroatoms. The summed E-state index contributed by atoms with van der Waals surface area (Å²) in [7, 11) is 0. The highest BCUT2D eigenvalue weighted by Gasteiger charge is 2.37. The molecule has 1 fully saturated rings. The van der Waals surface area contributed by atoms with Gasteiger partial charge in [-0.15, -0.1) is 10.2 Å². The van der Waals surface area contributed by atoms with Gasteiger partial charge in [-0.25, -0.2) is 4.79 Å². The number of alkyl halides is 3. The minimum atomic E-state index is -4.54. The number of aryl methyl sites for hydroxylation is 2. The van der Waals surface area contributed by atoms with E-state index in [2.05, 4.69) is 35.0 Å². The Morgan fingerprint density at radius 3 is 2.22 bits per heavy atom. The first-order chi connectivity index (χ1) is 20.9. The summed E-state index contributed by atoms with van der Waals surface area (Å²) in [5.74, 6) is -0.657. The third-order valence-electron chi connectivity index (χ3n) is 8.74. The van der Waals surface area contributed by atoms with Crippen LogP contribution in [0.2, 0.25) is 0 Å². The van der Waals surface area contributed by atoms with Crippen molar-refractivity contribution in [3.8, 4) is 11.1 Å². The van der Waals surface area contributed by atoms with Gasteiger partial charge in [-0.2, -0.15) is 13.2 Å². The maximum Gasteiger partial charge on any atom is 0.435 e. The molecule has 0 spiro atoms. The molecule has 1 N–H and O–H groups in total. The summed E-state index contributed by atoms with van der Waals surface area (Å²) in [6, 6.07) is 8.54. The van der Waals surface area contributed by atoms with Gasteiger partial charge < -0.3 is 19.6 Å². The van der Waals surface area contributed by atoms with Crippen LogP contribution in [0.1, 0.15) is 87.3 Å². The second kappa shape index (κ2) is 11.9. The Morgan fingerprint density at radius 2 is 1.64 bits per heavy atom. The normalized spacial score (nSPS) is 17.6. The molecule has 1 unspecified atom stereocenters. The van der Waals surface area contributed by atoms with Gasteiger partial charge in [0.25, 0.3) is 0 Å². The molecule has 2 aliphatic heterocycles. The second-order valence-corrected chi connectivity index (χ2v) is 13.9. The maximum absolute atomic E-state index is 13.0. The highest BCUT2D eigenvalue weighted by molar-refractivity contribution is 5.88. The topological polar surface area (TPSA) is 91.7 Å². The Morgan fingerprint density at radius 1 is 0.956 bits per heavy atom. The number of piperidine rings is 1. The molecule has 1 aromatic carbocycles. The lowest BCUT2D eigenvalue weighted by Crippen LogP contribution is -2.39. The van der Waals surface area contributed by atoms with Crippen LogP contribution in [0.5, 0.6) is 0 Å². The van der Waals surface area contributed by atoms with Gasteiger partial charge >= 0.3 is 12.1 Å². The molecule has 2 aliphatic rings. The molecule has 4 heterocycles. The maximum atomic E-state index is 13.0. The molecule has 45 heavy (non-hydrogen) atoms.